The van der Waals surface area contributed by atoms with Crippen molar-refractivity contribution in [3.8, 4) is 0 Å². The normalized spacial score (nSPS) is 19.4. The largest absolute Gasteiger partial charge is 0.465 e. The lowest BCUT2D eigenvalue weighted by Crippen LogP contribution is -2.52. The SMILES string of the molecule is O=C(O)N[C@@H]1CCCN(c2ccc(Br)cc2F)C1=O. The van der Waals surface area contributed by atoms with Crippen LogP contribution in [0.2, 0.25) is 0 Å². The van der Waals surface area contributed by atoms with Gasteiger partial charge in [-0.25, -0.2) is 9.18 Å². The highest BCUT2D eigenvalue weighted by atomic mass is 79.9. The quantitative estimate of drug-likeness (QED) is 0.874. The minimum absolute atomic E-state index is 0.171. The van der Waals surface area contributed by atoms with E-state index in [0.29, 0.717) is 23.9 Å². The summed E-state index contributed by atoms with van der Waals surface area (Å²) in [7, 11) is 0. The van der Waals surface area contributed by atoms with Gasteiger partial charge in [0.25, 0.3) is 0 Å². The number of carboxylic acid groups (broad SMARTS) is 1. The third-order valence-electron chi connectivity index (χ3n) is 2.94. The number of benzene rings is 1. The Morgan fingerprint density at radius 1 is 1.53 bits per heavy atom. The Hall–Kier alpha value is -1.63. The summed E-state index contributed by atoms with van der Waals surface area (Å²) < 4.78 is 14.4. The summed E-state index contributed by atoms with van der Waals surface area (Å²) in [5, 5.41) is 10.8. The molecule has 0 saturated carbocycles. The second kappa shape index (κ2) is 5.56. The molecule has 1 atom stereocenters. The highest BCUT2D eigenvalue weighted by Crippen LogP contribution is 2.26. The molecule has 1 saturated heterocycles. The third-order valence-corrected chi connectivity index (χ3v) is 3.43. The summed E-state index contributed by atoms with van der Waals surface area (Å²) in [6, 6.07) is 3.60. The van der Waals surface area contributed by atoms with Crippen molar-refractivity contribution < 1.29 is 19.1 Å². The zero-order chi connectivity index (χ0) is 14.0. The zero-order valence-electron chi connectivity index (χ0n) is 9.90. The van der Waals surface area contributed by atoms with Gasteiger partial charge in [0.15, 0.2) is 0 Å². The maximum Gasteiger partial charge on any atom is 0.405 e. The van der Waals surface area contributed by atoms with Gasteiger partial charge in [0.05, 0.1) is 5.69 Å². The topological polar surface area (TPSA) is 69.6 Å². The summed E-state index contributed by atoms with van der Waals surface area (Å²) in [4.78, 5) is 24.0. The molecule has 1 aliphatic rings. The van der Waals surface area contributed by atoms with E-state index in [-0.39, 0.29) is 5.69 Å². The molecule has 0 aromatic heterocycles. The number of rotatable bonds is 2. The van der Waals surface area contributed by atoms with Gasteiger partial charge in [0.1, 0.15) is 11.9 Å². The maximum absolute atomic E-state index is 13.8. The smallest absolute Gasteiger partial charge is 0.405 e. The Kier molecular flexibility index (Phi) is 4.04. The van der Waals surface area contributed by atoms with Gasteiger partial charge in [-0.15, -0.1) is 0 Å². The lowest BCUT2D eigenvalue weighted by atomic mass is 10.0. The number of halogens is 2. The van der Waals surface area contributed by atoms with Crippen molar-refractivity contribution in [1.29, 1.82) is 0 Å². The lowest BCUT2D eigenvalue weighted by molar-refractivity contribution is -0.121. The molecule has 7 heteroatoms. The van der Waals surface area contributed by atoms with Crippen LogP contribution in [0.1, 0.15) is 12.8 Å². The molecule has 0 unspecified atom stereocenters. The first-order valence-electron chi connectivity index (χ1n) is 5.75. The second-order valence-electron chi connectivity index (χ2n) is 4.23. The van der Waals surface area contributed by atoms with Gasteiger partial charge in [0, 0.05) is 11.0 Å². The summed E-state index contributed by atoms with van der Waals surface area (Å²) in [5.41, 5.74) is 0.171. The van der Waals surface area contributed by atoms with Crippen LogP contribution >= 0.6 is 15.9 Å². The number of piperidine rings is 1. The van der Waals surface area contributed by atoms with Crippen LogP contribution in [0.5, 0.6) is 0 Å². The van der Waals surface area contributed by atoms with Crippen LogP contribution in [0.25, 0.3) is 0 Å². The molecule has 1 aliphatic heterocycles. The van der Waals surface area contributed by atoms with Crippen LogP contribution in [0.15, 0.2) is 22.7 Å². The highest BCUT2D eigenvalue weighted by molar-refractivity contribution is 9.10. The molecule has 0 radical (unpaired) electrons. The first-order chi connectivity index (χ1) is 8.99. The number of carbonyl (C=O) groups excluding carboxylic acids is 1. The molecule has 0 spiro atoms. The van der Waals surface area contributed by atoms with Crippen molar-refractivity contribution in [2.45, 2.75) is 18.9 Å². The molecule has 1 heterocycles. The van der Waals surface area contributed by atoms with Crippen molar-refractivity contribution >= 4 is 33.6 Å². The number of nitrogens with one attached hydrogen (secondary N) is 1. The van der Waals surface area contributed by atoms with Crippen molar-refractivity contribution in [3.05, 3.63) is 28.5 Å². The number of amides is 2. The first kappa shape index (κ1) is 13.8. The fourth-order valence-corrected chi connectivity index (χ4v) is 2.43. The zero-order valence-corrected chi connectivity index (χ0v) is 11.5. The van der Waals surface area contributed by atoms with Crippen LogP contribution in [0.3, 0.4) is 0 Å². The minimum atomic E-state index is -1.25. The molecule has 1 fully saturated rings. The van der Waals surface area contributed by atoms with E-state index in [9.17, 15) is 14.0 Å². The molecule has 5 nitrogen and oxygen atoms in total. The molecule has 1 aromatic rings. The second-order valence-corrected chi connectivity index (χ2v) is 5.15. The van der Waals surface area contributed by atoms with Crippen LogP contribution in [-0.4, -0.2) is 29.7 Å². The molecule has 102 valence electrons. The molecule has 19 heavy (non-hydrogen) atoms. The van der Waals surface area contributed by atoms with E-state index in [4.69, 9.17) is 5.11 Å². The van der Waals surface area contributed by atoms with Gasteiger partial charge in [-0.1, -0.05) is 15.9 Å². The molecular formula is C12H12BrFN2O3. The molecule has 0 aliphatic carbocycles. The number of nitrogens with zero attached hydrogens (tertiary/aromatic N) is 1. The first-order valence-corrected chi connectivity index (χ1v) is 6.54. The summed E-state index contributed by atoms with van der Waals surface area (Å²) in [6.07, 6.45) is -0.206. The van der Waals surface area contributed by atoms with Crippen molar-refractivity contribution in [1.82, 2.24) is 5.32 Å². The number of carbonyl (C=O) groups is 2. The van der Waals surface area contributed by atoms with Crippen molar-refractivity contribution in [2.75, 3.05) is 11.4 Å². The third kappa shape index (κ3) is 3.04. The van der Waals surface area contributed by atoms with Crippen LogP contribution < -0.4 is 10.2 Å². The molecule has 0 bridgehead atoms. The standard InChI is InChI=1S/C12H12BrFN2O3/c13-7-3-4-10(8(14)6-7)16-5-1-2-9(11(16)17)15-12(18)19/h3-4,6,9,15H,1-2,5H2,(H,18,19)/t9-/m1/s1. The van der Waals surface area contributed by atoms with E-state index in [1.54, 1.807) is 6.07 Å². The van der Waals surface area contributed by atoms with Gasteiger partial charge < -0.3 is 15.3 Å². The molecule has 2 amide bonds. The minimum Gasteiger partial charge on any atom is -0.465 e. The molecular weight excluding hydrogens is 319 g/mol. The Morgan fingerprint density at radius 2 is 2.26 bits per heavy atom. The average Bonchev–Trinajstić information content (AvgIpc) is 2.32. The Balaban J connectivity index is 2.24. The van der Waals surface area contributed by atoms with Gasteiger partial charge in [0.2, 0.25) is 5.91 Å². The predicted octanol–water partition coefficient (Wildman–Crippen LogP) is 2.35. The summed E-state index contributed by atoms with van der Waals surface area (Å²) in [5.74, 6) is -0.937. The fraction of sp³-hybridized carbons (Fsp3) is 0.333. The van der Waals surface area contributed by atoms with Gasteiger partial charge in [-0.3, -0.25) is 4.79 Å². The Labute approximate surface area is 117 Å². The van der Waals surface area contributed by atoms with E-state index >= 15 is 0 Å². The maximum atomic E-state index is 13.8. The lowest BCUT2D eigenvalue weighted by Gasteiger charge is -2.32. The predicted molar refractivity (Wildman–Crippen MR) is 70.6 cm³/mol. The van der Waals surface area contributed by atoms with Crippen LogP contribution in [0, 0.1) is 5.82 Å². The molecule has 2 rings (SSSR count). The van der Waals surface area contributed by atoms with Crippen LogP contribution in [0.4, 0.5) is 14.9 Å². The van der Waals surface area contributed by atoms with E-state index in [1.165, 1.54) is 17.0 Å². The van der Waals surface area contributed by atoms with E-state index in [1.807, 2.05) is 0 Å². The summed E-state index contributed by atoms with van der Waals surface area (Å²) in [6.45, 7) is 0.384. The Bertz CT molecular complexity index is 524. The monoisotopic (exact) mass is 330 g/mol. The fourth-order valence-electron chi connectivity index (χ4n) is 2.10. The average molecular weight is 331 g/mol. The van der Waals surface area contributed by atoms with Gasteiger partial charge in [-0.2, -0.15) is 0 Å². The van der Waals surface area contributed by atoms with Crippen LogP contribution in [-0.2, 0) is 4.79 Å². The van der Waals surface area contributed by atoms with E-state index in [2.05, 4.69) is 21.2 Å². The van der Waals surface area contributed by atoms with Gasteiger partial charge in [-0.05, 0) is 31.0 Å². The number of hydrogen-bond acceptors (Lipinski definition) is 2. The molecule has 2 N–H and O–H groups in total. The number of hydrogen-bond donors (Lipinski definition) is 2. The summed E-state index contributed by atoms with van der Waals surface area (Å²) >= 11 is 3.15. The van der Waals surface area contributed by atoms with Gasteiger partial charge >= 0.3 is 6.09 Å². The van der Waals surface area contributed by atoms with Crippen molar-refractivity contribution in [2.24, 2.45) is 0 Å². The van der Waals surface area contributed by atoms with Crippen molar-refractivity contribution in [3.63, 3.8) is 0 Å². The Morgan fingerprint density at radius 3 is 2.89 bits per heavy atom. The van der Waals surface area contributed by atoms with E-state index < -0.39 is 23.9 Å². The highest BCUT2D eigenvalue weighted by Gasteiger charge is 2.31. The van der Waals surface area contributed by atoms with E-state index in [0.717, 1.165) is 0 Å². The number of anilines is 1. The molecule has 1 aromatic carbocycles.